The molecule has 3 aromatic carbocycles. The topological polar surface area (TPSA) is 40.3 Å². The van der Waals surface area contributed by atoms with Gasteiger partial charge in [-0.25, -0.2) is 0 Å². The molecule has 5 rings (SSSR count). The fourth-order valence-electron chi connectivity index (χ4n) is 4.80. The van der Waals surface area contributed by atoms with Gasteiger partial charge >= 0.3 is 5.36 Å². The van der Waals surface area contributed by atoms with Crippen LogP contribution < -0.4 is 15.4 Å². The van der Waals surface area contributed by atoms with E-state index >= 15 is 0 Å². The number of aryl methyl sites for hydroxylation is 2. The van der Waals surface area contributed by atoms with E-state index in [1.54, 1.807) is 0 Å². The van der Waals surface area contributed by atoms with E-state index in [1.165, 1.54) is 5.56 Å². The van der Waals surface area contributed by atoms with Crippen LogP contribution in [0.3, 0.4) is 0 Å². The van der Waals surface area contributed by atoms with Crippen molar-refractivity contribution in [1.29, 1.82) is 0 Å². The lowest BCUT2D eigenvalue weighted by molar-refractivity contribution is 0.459. The molecule has 0 bridgehead atoms. The van der Waals surface area contributed by atoms with Gasteiger partial charge in [0, 0.05) is 24.3 Å². The van der Waals surface area contributed by atoms with Crippen molar-refractivity contribution in [2.45, 2.75) is 33.6 Å². The highest BCUT2D eigenvalue weighted by molar-refractivity contribution is 5.93. The van der Waals surface area contributed by atoms with Crippen LogP contribution in [-0.4, -0.2) is 5.11 Å². The summed E-state index contributed by atoms with van der Waals surface area (Å²) in [5.41, 5.74) is 8.33. The minimum absolute atomic E-state index is 0.0413. The van der Waals surface area contributed by atoms with E-state index in [9.17, 15) is 9.90 Å². The Hall–Kier alpha value is -3.98. The van der Waals surface area contributed by atoms with Crippen molar-refractivity contribution in [1.82, 2.24) is 4.58 Å². The molecule has 3 nitrogen and oxygen atoms in total. The summed E-state index contributed by atoms with van der Waals surface area (Å²) in [5.74, 6) is 0.440. The minimum Gasteiger partial charge on any atom is -0.502 e. The zero-order valence-corrected chi connectivity index (χ0v) is 20.0. The summed E-state index contributed by atoms with van der Waals surface area (Å²) >= 11 is 0. The molecule has 0 aliphatic heterocycles. The molecule has 2 aliphatic carbocycles. The van der Waals surface area contributed by atoms with E-state index in [4.69, 9.17) is 0 Å². The maximum atomic E-state index is 13.7. The minimum atomic E-state index is -0.146. The Morgan fingerprint density at radius 2 is 1.29 bits per heavy atom. The van der Waals surface area contributed by atoms with E-state index in [1.807, 2.05) is 71.3 Å². The lowest BCUT2D eigenvalue weighted by Gasteiger charge is -2.11. The van der Waals surface area contributed by atoms with E-state index in [0.29, 0.717) is 16.8 Å². The van der Waals surface area contributed by atoms with Gasteiger partial charge in [0.1, 0.15) is 0 Å². The summed E-state index contributed by atoms with van der Waals surface area (Å²) in [6, 6.07) is 27.9. The van der Waals surface area contributed by atoms with Crippen molar-refractivity contribution in [3.05, 3.63) is 117 Å². The van der Waals surface area contributed by atoms with E-state index < -0.39 is 0 Å². The lowest BCUT2D eigenvalue weighted by Crippen LogP contribution is -2.41. The number of nitrogens with zero attached hydrogens (tertiary/aromatic N) is 1. The maximum absolute atomic E-state index is 13.7. The molecule has 0 amide bonds. The average Bonchev–Trinajstić information content (AvgIpc) is 3.03. The first-order valence-corrected chi connectivity index (χ1v) is 11.7. The molecule has 3 heteroatoms. The fourth-order valence-corrected chi connectivity index (χ4v) is 4.80. The Kier molecular flexibility index (Phi) is 5.41. The van der Waals surface area contributed by atoms with Gasteiger partial charge in [0.05, 0.1) is 5.56 Å². The predicted molar refractivity (Wildman–Crippen MR) is 140 cm³/mol. The van der Waals surface area contributed by atoms with Crippen LogP contribution >= 0.6 is 0 Å². The van der Waals surface area contributed by atoms with Crippen LogP contribution in [0, 0.1) is 13.8 Å². The third kappa shape index (κ3) is 3.45. The van der Waals surface area contributed by atoms with E-state index in [2.05, 4.69) is 45.9 Å². The Morgan fingerprint density at radius 1 is 0.706 bits per heavy atom. The van der Waals surface area contributed by atoms with Gasteiger partial charge in [-0.05, 0) is 59.2 Å². The zero-order valence-electron chi connectivity index (χ0n) is 20.0. The number of fused-ring (bicyclic) bond motifs is 1. The van der Waals surface area contributed by atoms with Gasteiger partial charge in [-0.15, -0.1) is 4.58 Å². The summed E-state index contributed by atoms with van der Waals surface area (Å²) in [7, 11) is 0. The molecule has 0 heterocycles. The monoisotopic (exact) mass is 446 g/mol. The first-order valence-electron chi connectivity index (χ1n) is 11.7. The molecule has 0 saturated heterocycles. The Balaban J connectivity index is 1.79. The first kappa shape index (κ1) is 21.8. The normalized spacial score (nSPS) is 11.4. The number of hydrogen-bond donors (Lipinski definition) is 1. The lowest BCUT2D eigenvalue weighted by atomic mass is 9.94. The standard InChI is InChI=1S/C31H27NO2/c1-19(2)22-16-15-20(3)27-25(18-22)21(4)17-26(27)28-30(33)29(31(28)34)32(23-11-7-5-8-12-23)24-13-9-6-10-14-24/h5-19H,1-4H3/p+1. The van der Waals surface area contributed by atoms with Crippen molar-refractivity contribution in [2.75, 3.05) is 0 Å². The van der Waals surface area contributed by atoms with Crippen molar-refractivity contribution < 1.29 is 5.11 Å². The van der Waals surface area contributed by atoms with Gasteiger partial charge in [0.2, 0.25) is 17.1 Å². The number of aromatic hydroxyl groups is 1. The maximum Gasteiger partial charge on any atom is 0.303 e. The smallest absolute Gasteiger partial charge is 0.303 e. The van der Waals surface area contributed by atoms with Gasteiger partial charge in [-0.3, -0.25) is 4.79 Å². The molecule has 0 spiro atoms. The Morgan fingerprint density at radius 3 is 1.82 bits per heavy atom. The van der Waals surface area contributed by atoms with E-state index in [-0.39, 0.29) is 11.2 Å². The first-order chi connectivity index (χ1) is 16.4. The van der Waals surface area contributed by atoms with Crippen molar-refractivity contribution >= 4 is 11.4 Å². The molecule has 1 N–H and O–H groups in total. The summed E-state index contributed by atoms with van der Waals surface area (Å²) in [5, 5.41) is 11.6. The molecule has 0 fully saturated rings. The van der Waals surface area contributed by atoms with Crippen LogP contribution in [0.2, 0.25) is 0 Å². The molecule has 34 heavy (non-hydrogen) atoms. The average molecular weight is 447 g/mol. The summed E-state index contributed by atoms with van der Waals surface area (Å²) in [6.07, 6.45) is 0. The molecular formula is C31H28NO2+. The molecular weight excluding hydrogens is 418 g/mol. The van der Waals surface area contributed by atoms with Gasteiger partial charge in [-0.1, -0.05) is 68.4 Å². The molecule has 168 valence electrons. The second-order valence-corrected chi connectivity index (χ2v) is 9.25. The van der Waals surface area contributed by atoms with Gasteiger partial charge in [0.25, 0.3) is 5.43 Å². The highest BCUT2D eigenvalue weighted by atomic mass is 16.3. The summed E-state index contributed by atoms with van der Waals surface area (Å²) < 4.78 is 1.84. The molecule has 0 aromatic heterocycles. The number of rotatable bonds is 4. The number of para-hydroxylation sites is 2. The Labute approximate surface area is 200 Å². The highest BCUT2D eigenvalue weighted by Gasteiger charge is 2.32. The van der Waals surface area contributed by atoms with Crippen molar-refractivity contribution in [3.63, 3.8) is 0 Å². The molecule has 0 unspecified atom stereocenters. The zero-order chi connectivity index (χ0) is 24.0. The van der Waals surface area contributed by atoms with Crippen molar-refractivity contribution in [3.8, 4) is 28.0 Å². The third-order valence-electron chi connectivity index (χ3n) is 6.65. The molecule has 0 radical (unpaired) electrons. The molecule has 0 saturated carbocycles. The van der Waals surface area contributed by atoms with Gasteiger partial charge in [-0.2, -0.15) is 0 Å². The van der Waals surface area contributed by atoms with Crippen LogP contribution in [0.1, 0.15) is 36.5 Å². The quantitative estimate of drug-likeness (QED) is 0.317. The molecule has 3 aromatic rings. The van der Waals surface area contributed by atoms with Gasteiger partial charge < -0.3 is 5.11 Å². The number of benzene rings is 2. The van der Waals surface area contributed by atoms with Crippen LogP contribution in [0.25, 0.3) is 22.3 Å². The third-order valence-corrected chi connectivity index (χ3v) is 6.65. The molecule has 0 atom stereocenters. The second kappa shape index (κ2) is 8.42. The second-order valence-electron chi connectivity index (χ2n) is 9.25. The summed E-state index contributed by atoms with van der Waals surface area (Å²) in [6.45, 7) is 8.51. The predicted octanol–water partition coefficient (Wildman–Crippen LogP) is 6.58. The van der Waals surface area contributed by atoms with E-state index in [0.717, 1.165) is 39.2 Å². The SMILES string of the molecule is Cc1cc(-c2c(O)c(=[N+](c3ccccc3)c3ccccc3)c2=O)c2c(C)ccc(C(C)C)cc1-2. The Bertz CT molecular complexity index is 1510. The van der Waals surface area contributed by atoms with Crippen LogP contribution in [0.4, 0.5) is 11.4 Å². The van der Waals surface area contributed by atoms with Crippen LogP contribution in [-0.2, 0) is 0 Å². The van der Waals surface area contributed by atoms with Gasteiger partial charge in [0.15, 0.2) is 0 Å². The van der Waals surface area contributed by atoms with Crippen LogP contribution in [0.15, 0.2) is 89.7 Å². The highest BCUT2D eigenvalue weighted by Crippen LogP contribution is 2.42. The van der Waals surface area contributed by atoms with Crippen molar-refractivity contribution in [2.24, 2.45) is 0 Å². The fraction of sp³-hybridized carbons (Fsp3) is 0.161. The van der Waals surface area contributed by atoms with Crippen LogP contribution in [0.5, 0.6) is 5.75 Å². The molecule has 2 aliphatic rings. The number of hydrogen-bond acceptors (Lipinski definition) is 2. The largest absolute Gasteiger partial charge is 0.502 e. The summed E-state index contributed by atoms with van der Waals surface area (Å²) in [4.78, 5) is 13.7.